The first kappa shape index (κ1) is 66.1. The monoisotopic (exact) mass is 1300 g/mol. The molecule has 10 aromatic rings. The summed E-state index contributed by atoms with van der Waals surface area (Å²) in [7, 11) is 0. The lowest BCUT2D eigenvalue weighted by Crippen LogP contribution is -2.75. The highest BCUT2D eigenvalue weighted by Gasteiger charge is 2.47. The molecule has 9 aromatic carbocycles. The largest absolute Gasteiger partial charge is 0.416 e. The maximum Gasteiger partial charge on any atom is 0.416 e. The van der Waals surface area contributed by atoms with E-state index < -0.39 is 195 Å². The number of rotatable bonds is 9. The van der Waals surface area contributed by atoms with Gasteiger partial charge >= 0.3 is 55.3 Å². The first-order valence-corrected chi connectivity index (χ1v) is 25.8. The molecule has 0 saturated heterocycles. The summed E-state index contributed by atoms with van der Waals surface area (Å²) >= 11 is 0. The number of ketones is 1. The van der Waals surface area contributed by atoms with E-state index in [2.05, 4.69) is 53.5 Å². The molecule has 0 amide bonds. The van der Waals surface area contributed by atoms with Crippen LogP contribution in [-0.4, -0.2) is 16.9 Å². The van der Waals surface area contributed by atoms with Gasteiger partial charge in [-0.15, -0.1) is 0 Å². The molecule has 0 bridgehead atoms. The molecular formula is C62H33BF24N2O2. The van der Waals surface area contributed by atoms with Gasteiger partial charge in [0.15, 0.2) is 6.20 Å². The highest BCUT2D eigenvalue weighted by atomic mass is 19.4. The van der Waals surface area contributed by atoms with Crippen molar-refractivity contribution < 1.29 is 119 Å². The summed E-state index contributed by atoms with van der Waals surface area (Å²) in [6, 6.07) is 23.6. The third-order valence-electron chi connectivity index (χ3n) is 14.5. The predicted molar refractivity (Wildman–Crippen MR) is 284 cm³/mol. The lowest BCUT2D eigenvalue weighted by atomic mass is 9.12. The van der Waals surface area contributed by atoms with Crippen LogP contribution in [0.4, 0.5) is 105 Å². The van der Waals surface area contributed by atoms with Crippen LogP contribution in [0.15, 0.2) is 188 Å². The van der Waals surface area contributed by atoms with Crippen LogP contribution >= 0.6 is 0 Å². The molecule has 1 heterocycles. The Kier molecular flexibility index (Phi) is 17.1. The number of halogens is 24. The summed E-state index contributed by atoms with van der Waals surface area (Å²) in [5, 5.41) is 6.55. The van der Waals surface area contributed by atoms with Gasteiger partial charge in [-0.25, -0.2) is 4.98 Å². The third-order valence-corrected chi connectivity index (χ3v) is 14.5. The van der Waals surface area contributed by atoms with E-state index in [0.29, 0.717) is 11.4 Å². The van der Waals surface area contributed by atoms with Crippen molar-refractivity contribution in [1.82, 2.24) is 4.98 Å². The van der Waals surface area contributed by atoms with Crippen molar-refractivity contribution in [2.75, 3.05) is 0 Å². The number of nitrogens with zero attached hydrogens (tertiary/aromatic N) is 2. The Hall–Kier alpha value is -9.31. The molecule has 10 rings (SSSR count). The molecule has 0 N–H and O–H groups in total. The second-order valence-electron chi connectivity index (χ2n) is 20.5. The molecule has 474 valence electrons. The topological polar surface area (TPSA) is 43.1 Å². The van der Waals surface area contributed by atoms with Crippen molar-refractivity contribution in [2.45, 2.75) is 56.0 Å². The Labute approximate surface area is 495 Å². The van der Waals surface area contributed by atoms with Gasteiger partial charge in [-0.1, -0.05) is 127 Å². The van der Waals surface area contributed by atoms with E-state index in [1.165, 1.54) is 5.39 Å². The zero-order chi connectivity index (χ0) is 66.8. The minimum Gasteiger partial charge on any atom is -0.403 e. The smallest absolute Gasteiger partial charge is 0.403 e. The zero-order valence-electron chi connectivity index (χ0n) is 45.0. The molecule has 4 nitrogen and oxygen atoms in total. The number of carbonyl (C=O) groups excluding carboxylic acids is 1. The molecule has 29 heteroatoms. The first-order chi connectivity index (χ1) is 42.0. The van der Waals surface area contributed by atoms with Crippen LogP contribution in [0, 0.1) is 0 Å². The van der Waals surface area contributed by atoms with Gasteiger partial charge < -0.3 is 4.74 Å². The minimum atomic E-state index is -6.13. The molecular weight excluding hydrogens is 1270 g/mol. The van der Waals surface area contributed by atoms with E-state index in [4.69, 9.17) is 4.74 Å². The van der Waals surface area contributed by atoms with Crippen LogP contribution in [0.25, 0.3) is 32.3 Å². The lowest BCUT2D eigenvalue weighted by molar-refractivity contribution is -0.687. The Balaban J connectivity index is 0.000000242. The second-order valence-corrected chi connectivity index (χ2v) is 20.5. The van der Waals surface area contributed by atoms with E-state index >= 15 is 0 Å². The van der Waals surface area contributed by atoms with Crippen molar-refractivity contribution in [3.63, 3.8) is 0 Å². The summed E-state index contributed by atoms with van der Waals surface area (Å²) in [5.41, 5.74) is -29.5. The third kappa shape index (κ3) is 14.2. The number of aromatic nitrogens is 2. The van der Waals surface area contributed by atoms with Crippen LogP contribution in [-0.2, 0) is 56.0 Å². The number of hydrogen-bond donors (Lipinski definition) is 0. The molecule has 0 saturated carbocycles. The summed E-state index contributed by atoms with van der Waals surface area (Å²) < 4.78 is 349. The predicted octanol–water partition coefficient (Wildman–Crippen LogP) is 17.7. The Morgan fingerprint density at radius 3 is 1.04 bits per heavy atom. The standard InChI is InChI=1S/C32H12BF24.C30H21N2O2/c34-25(35,36)13-1-14(26(37,38)39)6-21(5-13)33(22-7-15(27(40,41)42)2-16(8-22)28(43,44)45,23-9-17(29(46,47)48)3-18(10-23)30(49,50)51)24-11-19(31(52,53)54)4-20(12-24)32(55,56)57;33-28(21-8-2-1-3-9-21)20-32-15-14-31-19-29(32)34-30-26-13-7-6-12-24(26)17-25-16-22-10-4-5-11-23(22)18-27(25)30/h1-12H;1-19H,20H2/q-1;+1. The number of fused-ring (bicyclic) bond motifs is 3. The summed E-state index contributed by atoms with van der Waals surface area (Å²) in [4.78, 5) is 17.2. The average Bonchev–Trinajstić information content (AvgIpc) is 0.712. The molecule has 0 unspecified atom stereocenters. The normalized spacial score (nSPS) is 13.1. The van der Waals surface area contributed by atoms with Gasteiger partial charge in [0, 0.05) is 16.3 Å². The van der Waals surface area contributed by atoms with Crippen molar-refractivity contribution in [3.05, 3.63) is 239 Å². The fraction of sp³-hybridized carbons (Fsp3) is 0.145. The fourth-order valence-electron chi connectivity index (χ4n) is 10.5. The lowest BCUT2D eigenvalue weighted by Gasteiger charge is -2.46. The van der Waals surface area contributed by atoms with Crippen LogP contribution in [0.3, 0.4) is 0 Å². The minimum absolute atomic E-state index is 0.00965. The zero-order valence-corrected chi connectivity index (χ0v) is 45.0. The summed E-state index contributed by atoms with van der Waals surface area (Å²) in [6.45, 7) is 0.160. The molecule has 0 aliphatic heterocycles. The van der Waals surface area contributed by atoms with Crippen molar-refractivity contribution in [3.8, 4) is 11.6 Å². The molecule has 0 fully saturated rings. The van der Waals surface area contributed by atoms with Gasteiger partial charge in [0.1, 0.15) is 18.1 Å². The number of alkyl halides is 24. The SMILES string of the molecule is FC(F)(F)c1cc([B-](c2cc(C(F)(F)F)cc(C(F)(F)F)c2)(c2cc(C(F)(F)F)cc(C(F)(F)F)c2)c2cc(C(F)(F)F)cc(C(F)(F)F)c2)cc(C(F)(F)F)c1.O=C(C[n+]1ccncc1Oc1c2ccccc2cc2cc3ccccc3cc12)c1ccccc1. The van der Waals surface area contributed by atoms with Gasteiger partial charge in [-0.3, -0.25) is 4.79 Å². The molecule has 0 atom stereocenters. The van der Waals surface area contributed by atoms with E-state index in [0.717, 1.165) is 32.7 Å². The maximum atomic E-state index is 14.2. The van der Waals surface area contributed by atoms with Crippen molar-refractivity contribution in [2.24, 2.45) is 0 Å². The second kappa shape index (κ2) is 23.5. The fourth-order valence-corrected chi connectivity index (χ4v) is 10.5. The molecule has 0 spiro atoms. The van der Waals surface area contributed by atoms with Crippen LogP contribution < -0.4 is 31.2 Å². The van der Waals surface area contributed by atoms with E-state index in [1.807, 2.05) is 48.5 Å². The van der Waals surface area contributed by atoms with Crippen LogP contribution in [0.2, 0.25) is 0 Å². The number of Topliss-reactive ketones (excluding diaryl/α,β-unsaturated/α-hetero) is 1. The molecule has 0 radical (unpaired) electrons. The summed E-state index contributed by atoms with van der Waals surface area (Å²) in [6.07, 6.45) is -49.7. The highest BCUT2D eigenvalue weighted by molar-refractivity contribution is 7.20. The van der Waals surface area contributed by atoms with Gasteiger partial charge in [0.05, 0.1) is 50.7 Å². The van der Waals surface area contributed by atoms with E-state index in [-0.39, 0.29) is 12.3 Å². The van der Waals surface area contributed by atoms with Gasteiger partial charge in [0.25, 0.3) is 0 Å². The Morgan fingerprint density at radius 2 is 0.681 bits per heavy atom. The molecule has 91 heavy (non-hydrogen) atoms. The summed E-state index contributed by atoms with van der Waals surface area (Å²) in [5.74, 6) is 1.28. The first-order valence-electron chi connectivity index (χ1n) is 25.8. The van der Waals surface area contributed by atoms with Gasteiger partial charge in [0.2, 0.25) is 12.3 Å². The highest BCUT2D eigenvalue weighted by Crippen LogP contribution is 2.43. The van der Waals surface area contributed by atoms with Crippen molar-refractivity contribution >= 4 is 66.1 Å². The Morgan fingerprint density at radius 1 is 0.363 bits per heavy atom. The quantitative estimate of drug-likeness (QED) is 0.0476. The number of hydrogen-bond acceptors (Lipinski definition) is 3. The van der Waals surface area contributed by atoms with Crippen LogP contribution in [0.5, 0.6) is 11.6 Å². The number of ether oxygens (including phenoxy) is 1. The molecule has 0 aliphatic carbocycles. The van der Waals surface area contributed by atoms with Crippen LogP contribution in [0.1, 0.15) is 54.9 Å². The Bertz CT molecular complexity index is 3950. The number of carbonyl (C=O) groups is 1. The molecule has 1 aromatic heterocycles. The van der Waals surface area contributed by atoms with Crippen molar-refractivity contribution in [1.29, 1.82) is 0 Å². The van der Waals surface area contributed by atoms with E-state index in [1.54, 1.807) is 23.2 Å². The van der Waals surface area contributed by atoms with E-state index in [9.17, 15) is 110 Å². The van der Waals surface area contributed by atoms with Gasteiger partial charge in [-0.05, 0) is 64.0 Å². The average molecular weight is 1300 g/mol. The molecule has 0 aliphatic rings. The van der Waals surface area contributed by atoms with Gasteiger partial charge in [-0.2, -0.15) is 132 Å². The number of benzene rings is 9. The maximum absolute atomic E-state index is 14.2.